The molecule has 0 aromatic heterocycles. The Balaban J connectivity index is 2.51. The second-order valence-electron chi connectivity index (χ2n) is 3.71. The van der Waals surface area contributed by atoms with Gasteiger partial charge >= 0.3 is 0 Å². The normalized spacial score (nSPS) is 23.7. The highest BCUT2D eigenvalue weighted by atomic mass is 79.9. The van der Waals surface area contributed by atoms with Crippen LogP contribution in [0.2, 0.25) is 0 Å². The van der Waals surface area contributed by atoms with E-state index in [4.69, 9.17) is 0 Å². The van der Waals surface area contributed by atoms with Crippen LogP contribution in [0.25, 0.3) is 10.8 Å². The Bertz CT molecular complexity index is 534. The molecule has 0 bridgehead atoms. The van der Waals surface area contributed by atoms with E-state index in [1.54, 1.807) is 0 Å². The van der Waals surface area contributed by atoms with Crippen molar-refractivity contribution in [2.45, 2.75) is 9.65 Å². The Morgan fingerprint density at radius 3 is 2.27 bits per heavy atom. The Morgan fingerprint density at radius 1 is 0.867 bits per heavy atom. The zero-order valence-electron chi connectivity index (χ0n) is 7.68. The molecular weight excluding hydrogens is 384 g/mol. The topological polar surface area (TPSA) is 0 Å². The summed E-state index contributed by atoms with van der Waals surface area (Å²) in [5.41, 5.74) is 2.76. The molecule has 0 saturated heterocycles. The molecule has 2 aromatic carbocycles. The maximum Gasteiger partial charge on any atom is 0.0567 e. The van der Waals surface area contributed by atoms with Gasteiger partial charge in [0, 0.05) is 4.47 Å². The Labute approximate surface area is 113 Å². The van der Waals surface area contributed by atoms with E-state index < -0.39 is 0 Å². The van der Waals surface area contributed by atoms with Gasteiger partial charge in [0.1, 0.15) is 0 Å². The quantitative estimate of drug-likeness (QED) is 0.522. The molecule has 1 aliphatic carbocycles. The van der Waals surface area contributed by atoms with E-state index in [2.05, 4.69) is 78.1 Å². The van der Waals surface area contributed by atoms with Gasteiger partial charge in [0.25, 0.3) is 0 Å². The zero-order valence-corrected chi connectivity index (χ0v) is 12.4. The lowest BCUT2D eigenvalue weighted by molar-refractivity contribution is 0.999. The maximum atomic E-state index is 3.74. The van der Waals surface area contributed by atoms with Crippen molar-refractivity contribution in [1.82, 2.24) is 0 Å². The van der Waals surface area contributed by atoms with Crippen LogP contribution >= 0.6 is 47.8 Å². The molecule has 0 spiro atoms. The summed E-state index contributed by atoms with van der Waals surface area (Å²) in [5.74, 6) is 0. The molecule has 2 aromatic rings. The average molecular weight is 391 g/mol. The van der Waals surface area contributed by atoms with E-state index in [0.717, 1.165) is 0 Å². The predicted molar refractivity (Wildman–Crippen MR) is 75.0 cm³/mol. The standard InChI is InChI=1S/C12H7Br3/c13-9-5-4-8-10-6(9)2-1-3-7(10)11(14)12(8)15/h1-5,11-12H/t11-,12+/m1/s1. The maximum absolute atomic E-state index is 3.74. The molecule has 15 heavy (non-hydrogen) atoms. The molecule has 76 valence electrons. The monoisotopic (exact) mass is 388 g/mol. The lowest BCUT2D eigenvalue weighted by Crippen LogP contribution is -1.87. The van der Waals surface area contributed by atoms with Crippen molar-refractivity contribution in [1.29, 1.82) is 0 Å². The summed E-state index contributed by atoms with van der Waals surface area (Å²) in [6, 6.07) is 10.8. The minimum atomic E-state index is 0.380. The van der Waals surface area contributed by atoms with Gasteiger partial charge in [0.15, 0.2) is 0 Å². The summed E-state index contributed by atoms with van der Waals surface area (Å²) in [7, 11) is 0. The second-order valence-corrected chi connectivity index (χ2v) is 6.54. The third kappa shape index (κ3) is 1.36. The smallest absolute Gasteiger partial charge is 0.0567 e. The zero-order chi connectivity index (χ0) is 10.6. The van der Waals surface area contributed by atoms with Crippen LogP contribution in [-0.4, -0.2) is 0 Å². The minimum Gasteiger partial charge on any atom is -0.0823 e. The number of benzene rings is 2. The first kappa shape index (κ1) is 10.3. The number of hydrogen-bond donors (Lipinski definition) is 0. The number of hydrogen-bond acceptors (Lipinski definition) is 0. The molecular formula is C12H7Br3. The first-order valence-corrected chi connectivity index (χ1v) is 7.32. The number of halogens is 3. The van der Waals surface area contributed by atoms with E-state index in [0.29, 0.717) is 9.65 Å². The molecule has 0 fully saturated rings. The largest absolute Gasteiger partial charge is 0.0823 e. The van der Waals surface area contributed by atoms with Crippen molar-refractivity contribution in [2.24, 2.45) is 0 Å². The fourth-order valence-corrected chi connectivity index (χ4v) is 4.00. The van der Waals surface area contributed by atoms with Gasteiger partial charge in [-0.05, 0) is 28.0 Å². The molecule has 0 N–H and O–H groups in total. The van der Waals surface area contributed by atoms with Crippen molar-refractivity contribution in [3.8, 4) is 0 Å². The average Bonchev–Trinajstić information content (AvgIpc) is 2.50. The van der Waals surface area contributed by atoms with Gasteiger partial charge in [-0.15, -0.1) is 0 Å². The van der Waals surface area contributed by atoms with E-state index in [1.807, 2.05) is 0 Å². The SMILES string of the molecule is Brc1ccc2c3c(cccc13)[C@@H](Br)[C@H]2Br. The van der Waals surface area contributed by atoms with Crippen LogP contribution in [-0.2, 0) is 0 Å². The molecule has 3 heteroatoms. The van der Waals surface area contributed by atoms with E-state index in [1.165, 1.54) is 26.4 Å². The summed E-state index contributed by atoms with van der Waals surface area (Å²) in [6.07, 6.45) is 0. The lowest BCUT2D eigenvalue weighted by atomic mass is 10.1. The highest BCUT2D eigenvalue weighted by Gasteiger charge is 2.30. The fraction of sp³-hybridized carbons (Fsp3) is 0.167. The van der Waals surface area contributed by atoms with E-state index in [9.17, 15) is 0 Å². The van der Waals surface area contributed by atoms with Gasteiger partial charge in [0.2, 0.25) is 0 Å². The summed E-state index contributed by atoms with van der Waals surface area (Å²) in [6.45, 7) is 0. The van der Waals surface area contributed by atoms with Crippen LogP contribution in [0.3, 0.4) is 0 Å². The van der Waals surface area contributed by atoms with Crippen LogP contribution in [0, 0.1) is 0 Å². The van der Waals surface area contributed by atoms with Crippen LogP contribution in [0.1, 0.15) is 20.8 Å². The highest BCUT2D eigenvalue weighted by molar-refractivity contribution is 9.12. The van der Waals surface area contributed by atoms with Crippen molar-refractivity contribution < 1.29 is 0 Å². The molecule has 0 radical (unpaired) electrons. The van der Waals surface area contributed by atoms with Crippen molar-refractivity contribution in [3.05, 3.63) is 45.9 Å². The van der Waals surface area contributed by atoms with E-state index in [-0.39, 0.29) is 0 Å². The first-order valence-electron chi connectivity index (χ1n) is 4.69. The summed E-state index contributed by atoms with van der Waals surface area (Å²) in [5, 5.41) is 2.69. The summed E-state index contributed by atoms with van der Waals surface area (Å²) < 4.78 is 1.17. The predicted octanol–water partition coefficient (Wildman–Crippen LogP) is 5.49. The minimum absolute atomic E-state index is 0.380. The second kappa shape index (κ2) is 3.57. The third-order valence-corrected chi connectivity index (χ3v) is 6.35. The first-order chi connectivity index (χ1) is 7.20. The van der Waals surface area contributed by atoms with Crippen molar-refractivity contribution >= 4 is 58.6 Å². The van der Waals surface area contributed by atoms with Gasteiger partial charge in [-0.25, -0.2) is 0 Å². The van der Waals surface area contributed by atoms with Gasteiger partial charge < -0.3 is 0 Å². The highest BCUT2D eigenvalue weighted by Crippen LogP contribution is 2.53. The van der Waals surface area contributed by atoms with Crippen LogP contribution in [0.4, 0.5) is 0 Å². The van der Waals surface area contributed by atoms with Crippen molar-refractivity contribution in [3.63, 3.8) is 0 Å². The number of alkyl halides is 2. The lowest BCUT2D eigenvalue weighted by Gasteiger charge is -2.06. The van der Waals surface area contributed by atoms with Crippen molar-refractivity contribution in [2.75, 3.05) is 0 Å². The van der Waals surface area contributed by atoms with Crippen LogP contribution in [0.15, 0.2) is 34.8 Å². The Kier molecular flexibility index (Phi) is 2.45. The third-order valence-electron chi connectivity index (χ3n) is 2.90. The van der Waals surface area contributed by atoms with Gasteiger partial charge in [-0.2, -0.15) is 0 Å². The fourth-order valence-electron chi connectivity index (χ4n) is 2.20. The van der Waals surface area contributed by atoms with Gasteiger partial charge in [-0.3, -0.25) is 0 Å². The molecule has 0 saturated carbocycles. The molecule has 0 heterocycles. The van der Waals surface area contributed by atoms with E-state index >= 15 is 0 Å². The van der Waals surface area contributed by atoms with Crippen LogP contribution in [0.5, 0.6) is 0 Å². The van der Waals surface area contributed by atoms with Gasteiger partial charge in [0.05, 0.1) is 9.65 Å². The summed E-state index contributed by atoms with van der Waals surface area (Å²) in [4.78, 5) is 0.760. The Morgan fingerprint density at radius 2 is 1.53 bits per heavy atom. The summed E-state index contributed by atoms with van der Waals surface area (Å²) >= 11 is 11.1. The molecule has 1 aliphatic rings. The molecule has 0 aliphatic heterocycles. The molecule has 3 rings (SSSR count). The number of rotatable bonds is 0. The van der Waals surface area contributed by atoms with Gasteiger partial charge in [-0.1, -0.05) is 72.1 Å². The molecule has 0 nitrogen and oxygen atoms in total. The van der Waals surface area contributed by atoms with Crippen LogP contribution < -0.4 is 0 Å². The molecule has 2 atom stereocenters. The Hall–Kier alpha value is 0.140. The molecule has 0 unspecified atom stereocenters. The molecule has 0 amide bonds.